The fraction of sp³-hybridized carbons (Fsp3) is 0.304. The average Bonchev–Trinajstić information content (AvgIpc) is 3.23. The summed E-state index contributed by atoms with van der Waals surface area (Å²) in [6.07, 6.45) is 0.678. The first-order valence-electron chi connectivity index (χ1n) is 9.81. The Bertz CT molecular complexity index is 996. The predicted molar refractivity (Wildman–Crippen MR) is 115 cm³/mol. The highest BCUT2D eigenvalue weighted by Gasteiger charge is 2.15. The van der Waals surface area contributed by atoms with E-state index in [1.165, 1.54) is 0 Å². The van der Waals surface area contributed by atoms with Gasteiger partial charge in [-0.05, 0) is 61.4 Å². The van der Waals surface area contributed by atoms with Crippen LogP contribution in [0.15, 0.2) is 48.5 Å². The number of carbonyl (C=O) groups is 1. The summed E-state index contributed by atoms with van der Waals surface area (Å²) >= 11 is 0. The molecule has 1 heterocycles. The van der Waals surface area contributed by atoms with E-state index in [2.05, 4.69) is 10.4 Å². The van der Waals surface area contributed by atoms with Crippen molar-refractivity contribution < 1.29 is 19.0 Å². The van der Waals surface area contributed by atoms with E-state index in [0.29, 0.717) is 36.7 Å². The monoisotopic (exact) mass is 409 g/mol. The van der Waals surface area contributed by atoms with Crippen LogP contribution in [0.3, 0.4) is 0 Å². The van der Waals surface area contributed by atoms with Gasteiger partial charge in [-0.3, -0.25) is 9.48 Å². The van der Waals surface area contributed by atoms with Gasteiger partial charge in [-0.1, -0.05) is 6.07 Å². The molecule has 1 N–H and O–H groups in total. The van der Waals surface area contributed by atoms with Gasteiger partial charge >= 0.3 is 0 Å². The van der Waals surface area contributed by atoms with Gasteiger partial charge in [-0.15, -0.1) is 0 Å². The number of hydrogen-bond acceptors (Lipinski definition) is 5. The molecule has 0 unspecified atom stereocenters. The number of nitrogens with one attached hydrogen (secondary N) is 1. The number of carbonyl (C=O) groups excluding carboxylic acids is 1. The van der Waals surface area contributed by atoms with Crippen LogP contribution in [0.2, 0.25) is 0 Å². The van der Waals surface area contributed by atoms with Crippen LogP contribution in [-0.2, 0) is 13.0 Å². The Morgan fingerprint density at radius 2 is 1.70 bits per heavy atom. The van der Waals surface area contributed by atoms with Gasteiger partial charge in [0.25, 0.3) is 5.91 Å². The fourth-order valence-electron chi connectivity index (χ4n) is 3.19. The number of amides is 1. The van der Waals surface area contributed by atoms with Crippen molar-refractivity contribution in [2.75, 3.05) is 27.9 Å². The lowest BCUT2D eigenvalue weighted by Crippen LogP contribution is -2.28. The number of nitrogens with zero attached hydrogens (tertiary/aromatic N) is 2. The molecule has 7 nitrogen and oxygen atoms in total. The van der Waals surface area contributed by atoms with E-state index in [1.807, 2.05) is 55.5 Å². The van der Waals surface area contributed by atoms with E-state index in [-0.39, 0.29) is 5.91 Å². The maximum Gasteiger partial charge on any atom is 0.269 e. The molecule has 0 fully saturated rings. The van der Waals surface area contributed by atoms with E-state index in [0.717, 1.165) is 22.6 Å². The SMILES string of the molecule is CCn1nc(-c2ccc(OC)cc2)cc1C(=O)NCCc1ccc(OC)c(OC)c1. The molecule has 3 rings (SSSR count). The maximum atomic E-state index is 12.7. The van der Waals surface area contributed by atoms with Gasteiger partial charge in [0.05, 0.1) is 27.0 Å². The van der Waals surface area contributed by atoms with Crippen molar-refractivity contribution in [1.29, 1.82) is 0 Å². The van der Waals surface area contributed by atoms with Gasteiger partial charge < -0.3 is 19.5 Å². The van der Waals surface area contributed by atoms with Crippen LogP contribution in [0, 0.1) is 0 Å². The van der Waals surface area contributed by atoms with Gasteiger partial charge in [0.2, 0.25) is 0 Å². The van der Waals surface area contributed by atoms with Gasteiger partial charge in [0.15, 0.2) is 11.5 Å². The van der Waals surface area contributed by atoms with Gasteiger partial charge in [0.1, 0.15) is 11.4 Å². The summed E-state index contributed by atoms with van der Waals surface area (Å²) in [6.45, 7) is 3.07. The van der Waals surface area contributed by atoms with Crippen LogP contribution < -0.4 is 19.5 Å². The number of methoxy groups -OCH3 is 3. The normalized spacial score (nSPS) is 10.5. The molecular weight excluding hydrogens is 382 g/mol. The smallest absolute Gasteiger partial charge is 0.269 e. The Labute approximate surface area is 176 Å². The summed E-state index contributed by atoms with van der Waals surface area (Å²) in [5.41, 5.74) is 3.28. The lowest BCUT2D eigenvalue weighted by Gasteiger charge is -2.10. The summed E-state index contributed by atoms with van der Waals surface area (Å²) < 4.78 is 17.5. The Morgan fingerprint density at radius 1 is 0.967 bits per heavy atom. The van der Waals surface area contributed by atoms with Crippen molar-refractivity contribution in [3.63, 3.8) is 0 Å². The third-order valence-corrected chi connectivity index (χ3v) is 4.85. The minimum Gasteiger partial charge on any atom is -0.497 e. The highest BCUT2D eigenvalue weighted by Crippen LogP contribution is 2.27. The summed E-state index contributed by atoms with van der Waals surface area (Å²) in [5, 5.41) is 7.55. The van der Waals surface area contributed by atoms with Crippen LogP contribution in [-0.4, -0.2) is 43.6 Å². The van der Waals surface area contributed by atoms with Crippen molar-refractivity contribution in [3.05, 3.63) is 59.8 Å². The number of hydrogen-bond donors (Lipinski definition) is 1. The predicted octanol–water partition coefficient (Wildman–Crippen LogP) is 3.57. The molecule has 2 aromatic carbocycles. The molecule has 0 saturated heterocycles. The van der Waals surface area contributed by atoms with Gasteiger partial charge in [-0.2, -0.15) is 5.10 Å². The summed E-state index contributed by atoms with van der Waals surface area (Å²) in [6, 6.07) is 15.2. The van der Waals surface area contributed by atoms with Crippen LogP contribution in [0.25, 0.3) is 11.3 Å². The van der Waals surface area contributed by atoms with Crippen molar-refractivity contribution >= 4 is 5.91 Å². The van der Waals surface area contributed by atoms with Crippen LogP contribution in [0.1, 0.15) is 23.0 Å². The number of aromatic nitrogens is 2. The van der Waals surface area contributed by atoms with Crippen molar-refractivity contribution in [3.8, 4) is 28.5 Å². The third kappa shape index (κ3) is 4.74. The van der Waals surface area contributed by atoms with E-state index in [1.54, 1.807) is 26.0 Å². The summed E-state index contributed by atoms with van der Waals surface area (Å²) in [5.74, 6) is 1.99. The molecular formula is C23H27N3O4. The molecule has 158 valence electrons. The number of benzene rings is 2. The molecule has 30 heavy (non-hydrogen) atoms. The molecule has 0 aliphatic rings. The first kappa shape index (κ1) is 21.2. The minimum atomic E-state index is -0.149. The van der Waals surface area contributed by atoms with Crippen molar-refractivity contribution in [2.24, 2.45) is 0 Å². The molecule has 3 aromatic rings. The second-order valence-corrected chi connectivity index (χ2v) is 6.65. The molecule has 7 heteroatoms. The Hall–Kier alpha value is -3.48. The zero-order valence-electron chi connectivity index (χ0n) is 17.8. The molecule has 0 aliphatic heterocycles. The zero-order valence-corrected chi connectivity index (χ0v) is 17.8. The van der Waals surface area contributed by atoms with Crippen LogP contribution in [0.5, 0.6) is 17.2 Å². The van der Waals surface area contributed by atoms with E-state index in [4.69, 9.17) is 14.2 Å². The van der Waals surface area contributed by atoms with Gasteiger partial charge in [-0.25, -0.2) is 0 Å². The lowest BCUT2D eigenvalue weighted by atomic mass is 10.1. The van der Waals surface area contributed by atoms with E-state index >= 15 is 0 Å². The number of rotatable bonds is 9. The molecule has 0 aliphatic carbocycles. The molecule has 1 amide bonds. The fourth-order valence-corrected chi connectivity index (χ4v) is 3.19. The van der Waals surface area contributed by atoms with Gasteiger partial charge in [0, 0.05) is 18.7 Å². The van der Waals surface area contributed by atoms with Crippen LogP contribution in [0.4, 0.5) is 0 Å². The molecule has 0 atom stereocenters. The molecule has 0 saturated carbocycles. The number of aryl methyl sites for hydroxylation is 1. The Balaban J connectivity index is 1.67. The third-order valence-electron chi connectivity index (χ3n) is 4.85. The summed E-state index contributed by atoms with van der Waals surface area (Å²) in [4.78, 5) is 12.7. The highest BCUT2D eigenvalue weighted by molar-refractivity contribution is 5.93. The summed E-state index contributed by atoms with van der Waals surface area (Å²) in [7, 11) is 4.84. The first-order valence-corrected chi connectivity index (χ1v) is 9.81. The zero-order chi connectivity index (χ0) is 21.5. The second kappa shape index (κ2) is 9.82. The minimum absolute atomic E-state index is 0.149. The lowest BCUT2D eigenvalue weighted by molar-refractivity contribution is 0.0943. The molecule has 0 radical (unpaired) electrons. The average molecular weight is 409 g/mol. The van der Waals surface area contributed by atoms with Crippen LogP contribution >= 0.6 is 0 Å². The second-order valence-electron chi connectivity index (χ2n) is 6.65. The van der Waals surface area contributed by atoms with E-state index in [9.17, 15) is 4.79 Å². The van der Waals surface area contributed by atoms with Crippen molar-refractivity contribution in [1.82, 2.24) is 15.1 Å². The molecule has 0 spiro atoms. The first-order chi connectivity index (χ1) is 14.6. The standard InChI is InChI=1S/C23H27N3O4/c1-5-26-20(15-19(25-26)17-7-9-18(28-2)10-8-17)23(27)24-13-12-16-6-11-21(29-3)22(14-16)30-4/h6-11,14-15H,5,12-13H2,1-4H3,(H,24,27). The largest absolute Gasteiger partial charge is 0.497 e. The topological polar surface area (TPSA) is 74.6 Å². The number of ether oxygens (including phenoxy) is 3. The molecule has 1 aromatic heterocycles. The quantitative estimate of drug-likeness (QED) is 0.585. The Morgan fingerprint density at radius 3 is 2.33 bits per heavy atom. The highest BCUT2D eigenvalue weighted by atomic mass is 16.5. The molecule has 0 bridgehead atoms. The van der Waals surface area contributed by atoms with Crippen molar-refractivity contribution in [2.45, 2.75) is 19.9 Å². The maximum absolute atomic E-state index is 12.7. The Kier molecular flexibility index (Phi) is 6.95. The van der Waals surface area contributed by atoms with E-state index < -0.39 is 0 Å².